The van der Waals surface area contributed by atoms with Crippen LogP contribution in [0.3, 0.4) is 0 Å². The molecule has 0 aromatic heterocycles. The molecule has 7 heteroatoms. The number of hydrogen-bond donors (Lipinski definition) is 0. The average Bonchev–Trinajstić information content (AvgIpc) is 2.64. The lowest BCUT2D eigenvalue weighted by atomic mass is 9.91. The first-order valence-electron chi connectivity index (χ1n) is 8.94. The maximum atomic E-state index is 6.21. The van der Waals surface area contributed by atoms with Gasteiger partial charge in [0.25, 0.3) is 0 Å². The van der Waals surface area contributed by atoms with Crippen LogP contribution in [0.1, 0.15) is 31.2 Å². The number of hydrogen-bond acceptors (Lipinski definition) is 3. The van der Waals surface area contributed by atoms with Gasteiger partial charge in [0.15, 0.2) is 0 Å². The zero-order valence-corrected chi connectivity index (χ0v) is 17.6. The van der Waals surface area contributed by atoms with Gasteiger partial charge in [-0.25, -0.2) is 0 Å². The topological polar surface area (TPSA) is 53.2 Å². The van der Waals surface area contributed by atoms with Crippen LogP contribution >= 0.6 is 23.2 Å². The molecule has 1 aliphatic heterocycles. The van der Waals surface area contributed by atoms with Gasteiger partial charge in [0.1, 0.15) is 11.9 Å². The standard InChI is InChI=1S/C20H25Cl2NO2.ClH.H2O/c1-15(6-7-16-8-9-17(21)18(22)14-16)25-20-5-3-2-4-19(20)23-10-12-24-13-11-23;;/h6-9,14,19-20H,1-5,10-13H2;1H;1H2/p-1/b7-6+;;. The Hall–Kier alpha value is -0.750. The van der Waals surface area contributed by atoms with Gasteiger partial charge in [0, 0.05) is 19.1 Å². The van der Waals surface area contributed by atoms with Crippen LogP contribution in [0.15, 0.2) is 36.6 Å². The lowest BCUT2D eigenvalue weighted by Gasteiger charge is -2.41. The van der Waals surface area contributed by atoms with E-state index < -0.39 is 0 Å². The third-order valence-electron chi connectivity index (χ3n) is 4.89. The highest BCUT2D eigenvalue weighted by Gasteiger charge is 2.32. The van der Waals surface area contributed by atoms with Gasteiger partial charge in [-0.05, 0) is 43.0 Å². The van der Waals surface area contributed by atoms with Crippen LogP contribution in [-0.4, -0.2) is 48.8 Å². The fourth-order valence-corrected chi connectivity index (χ4v) is 3.89. The van der Waals surface area contributed by atoms with Crippen molar-refractivity contribution in [3.63, 3.8) is 0 Å². The summed E-state index contributed by atoms with van der Waals surface area (Å²) >= 11 is 12.0. The summed E-state index contributed by atoms with van der Waals surface area (Å²) in [5.74, 6) is 0.691. The SMILES string of the molecule is C=C(/C=C/c1ccc(Cl)c(Cl)c1)OC1CCCCC1N1CCOCC1.O.[Cl-]. The molecule has 1 saturated heterocycles. The van der Waals surface area contributed by atoms with Crippen molar-refractivity contribution in [1.29, 1.82) is 0 Å². The summed E-state index contributed by atoms with van der Waals surface area (Å²) in [4.78, 5) is 2.52. The lowest BCUT2D eigenvalue weighted by Crippen LogP contribution is -3.00. The van der Waals surface area contributed by atoms with E-state index in [2.05, 4.69) is 11.5 Å². The van der Waals surface area contributed by atoms with Crippen LogP contribution in [-0.2, 0) is 9.47 Å². The van der Waals surface area contributed by atoms with Crippen LogP contribution in [0.4, 0.5) is 0 Å². The van der Waals surface area contributed by atoms with Crippen molar-refractivity contribution in [3.05, 3.63) is 52.2 Å². The zero-order valence-electron chi connectivity index (χ0n) is 15.3. The summed E-state index contributed by atoms with van der Waals surface area (Å²) in [5, 5.41) is 1.11. The van der Waals surface area contributed by atoms with Crippen LogP contribution in [0.5, 0.6) is 0 Å². The molecule has 4 nitrogen and oxygen atoms in total. The van der Waals surface area contributed by atoms with Crippen molar-refractivity contribution in [2.45, 2.75) is 37.8 Å². The smallest absolute Gasteiger partial charge is 0.114 e. The van der Waals surface area contributed by atoms with E-state index in [4.69, 9.17) is 32.7 Å². The Morgan fingerprint density at radius 3 is 2.56 bits per heavy atom. The Bertz CT molecular complexity index is 633. The fourth-order valence-electron chi connectivity index (χ4n) is 3.58. The van der Waals surface area contributed by atoms with Crippen molar-refractivity contribution in [1.82, 2.24) is 4.90 Å². The van der Waals surface area contributed by atoms with E-state index in [0.29, 0.717) is 21.8 Å². The second-order valence-electron chi connectivity index (χ2n) is 6.63. The normalized spacial score (nSPS) is 23.3. The van der Waals surface area contributed by atoms with Crippen molar-refractivity contribution in [3.8, 4) is 0 Å². The lowest BCUT2D eigenvalue weighted by molar-refractivity contribution is -0.0441. The van der Waals surface area contributed by atoms with E-state index in [-0.39, 0.29) is 24.0 Å². The molecule has 2 unspecified atom stereocenters. The highest BCUT2D eigenvalue weighted by Crippen LogP contribution is 2.28. The molecule has 0 bridgehead atoms. The van der Waals surface area contributed by atoms with Crippen molar-refractivity contribution in [2.75, 3.05) is 26.3 Å². The third kappa shape index (κ3) is 6.97. The molecule has 27 heavy (non-hydrogen) atoms. The molecule has 2 fully saturated rings. The number of allylic oxidation sites excluding steroid dienone is 1. The van der Waals surface area contributed by atoms with Crippen LogP contribution in [0, 0.1) is 0 Å². The molecule has 2 aliphatic rings. The number of rotatable bonds is 5. The summed E-state index contributed by atoms with van der Waals surface area (Å²) in [5.41, 5.74) is 0.979. The number of benzene rings is 1. The molecule has 1 aromatic rings. The van der Waals surface area contributed by atoms with Gasteiger partial charge < -0.3 is 27.4 Å². The molecule has 0 radical (unpaired) electrons. The minimum Gasteiger partial charge on any atom is -1.00 e. The molecule has 1 saturated carbocycles. The maximum absolute atomic E-state index is 6.21. The van der Waals surface area contributed by atoms with Gasteiger partial charge in [-0.1, -0.05) is 48.3 Å². The first-order valence-corrected chi connectivity index (χ1v) is 9.69. The maximum Gasteiger partial charge on any atom is 0.114 e. The molecule has 1 aliphatic carbocycles. The number of halogens is 3. The average molecular weight is 436 g/mol. The zero-order chi connectivity index (χ0) is 17.6. The first kappa shape index (κ1) is 24.3. The second-order valence-corrected chi connectivity index (χ2v) is 7.44. The van der Waals surface area contributed by atoms with E-state index in [0.717, 1.165) is 38.3 Å². The van der Waals surface area contributed by atoms with E-state index >= 15 is 0 Å². The molecule has 0 amide bonds. The van der Waals surface area contributed by atoms with Gasteiger partial charge in [-0.2, -0.15) is 0 Å². The molecule has 152 valence electrons. The molecular weight excluding hydrogens is 409 g/mol. The molecule has 2 atom stereocenters. The number of morpholine rings is 1. The van der Waals surface area contributed by atoms with Crippen molar-refractivity contribution in [2.24, 2.45) is 0 Å². The molecule has 3 rings (SSSR count). The second kappa shape index (κ2) is 11.9. The predicted octanol–water partition coefficient (Wildman–Crippen LogP) is 1.36. The fraction of sp³-hybridized carbons (Fsp3) is 0.500. The van der Waals surface area contributed by atoms with Gasteiger partial charge >= 0.3 is 0 Å². The highest BCUT2D eigenvalue weighted by atomic mass is 35.5. The minimum atomic E-state index is 0. The van der Waals surface area contributed by atoms with Crippen LogP contribution < -0.4 is 12.4 Å². The van der Waals surface area contributed by atoms with Gasteiger partial charge in [0.2, 0.25) is 0 Å². The Morgan fingerprint density at radius 1 is 1.15 bits per heavy atom. The molecule has 2 N–H and O–H groups in total. The Labute approximate surface area is 177 Å². The van der Waals surface area contributed by atoms with Gasteiger partial charge in [0.05, 0.1) is 23.3 Å². The largest absolute Gasteiger partial charge is 1.00 e. The first-order chi connectivity index (χ1) is 12.1. The Kier molecular flexibility index (Phi) is 10.7. The molecule has 1 aromatic carbocycles. The predicted molar refractivity (Wildman–Crippen MR) is 108 cm³/mol. The molecule has 0 spiro atoms. The summed E-state index contributed by atoms with van der Waals surface area (Å²) < 4.78 is 11.7. The van der Waals surface area contributed by atoms with Crippen LogP contribution in [0.25, 0.3) is 6.08 Å². The summed E-state index contributed by atoms with van der Waals surface area (Å²) in [7, 11) is 0. The van der Waals surface area contributed by atoms with E-state index in [1.165, 1.54) is 19.3 Å². The molecular formula is C20H27Cl3NO3-. The summed E-state index contributed by atoms with van der Waals surface area (Å²) in [6.07, 6.45) is 8.83. The third-order valence-corrected chi connectivity index (χ3v) is 5.63. The number of nitrogens with zero attached hydrogens (tertiary/aromatic N) is 1. The Balaban J connectivity index is 0.00000182. The molecule has 1 heterocycles. The highest BCUT2D eigenvalue weighted by molar-refractivity contribution is 6.42. The monoisotopic (exact) mass is 434 g/mol. The summed E-state index contributed by atoms with van der Waals surface area (Å²) in [6.45, 7) is 7.71. The summed E-state index contributed by atoms with van der Waals surface area (Å²) in [6, 6.07) is 6.02. The van der Waals surface area contributed by atoms with E-state index in [1.54, 1.807) is 6.07 Å². The van der Waals surface area contributed by atoms with Crippen LogP contribution in [0.2, 0.25) is 10.0 Å². The van der Waals surface area contributed by atoms with Crippen molar-refractivity contribution >= 4 is 29.3 Å². The van der Waals surface area contributed by atoms with Crippen molar-refractivity contribution < 1.29 is 27.4 Å². The Morgan fingerprint density at radius 2 is 1.85 bits per heavy atom. The van der Waals surface area contributed by atoms with Gasteiger partial charge in [-0.3, -0.25) is 4.90 Å². The quantitative estimate of drug-likeness (QED) is 0.518. The minimum absolute atomic E-state index is 0. The van der Waals surface area contributed by atoms with E-state index in [9.17, 15) is 0 Å². The van der Waals surface area contributed by atoms with E-state index in [1.807, 2.05) is 24.3 Å². The number of ether oxygens (including phenoxy) is 2. The van der Waals surface area contributed by atoms with Gasteiger partial charge in [-0.15, -0.1) is 0 Å².